The Morgan fingerprint density at radius 2 is 1.74 bits per heavy atom. The summed E-state index contributed by atoms with van der Waals surface area (Å²) in [5.74, 6) is -1.55. The highest BCUT2D eigenvalue weighted by atomic mass is 16.6. The maximum atomic E-state index is 12.0. The minimum absolute atomic E-state index is 0.216. The standard InChI is InChI=1S/C17H20O6/c1-5-15(17(20)22-12(3)18)23-16(19)11(2)10-13-6-8-14(21-4)9-7-13/h6-10,15H,5H2,1-4H3/b11-10+. The number of methoxy groups -OCH3 is 1. The summed E-state index contributed by atoms with van der Waals surface area (Å²) >= 11 is 0. The van der Waals surface area contributed by atoms with Gasteiger partial charge in [0.1, 0.15) is 5.75 Å². The largest absolute Gasteiger partial charge is 0.497 e. The molecule has 0 saturated heterocycles. The summed E-state index contributed by atoms with van der Waals surface area (Å²) in [6.45, 7) is 4.35. The summed E-state index contributed by atoms with van der Waals surface area (Å²) in [4.78, 5) is 34.4. The Bertz CT molecular complexity index is 600. The summed E-state index contributed by atoms with van der Waals surface area (Å²) in [7, 11) is 1.57. The van der Waals surface area contributed by atoms with E-state index >= 15 is 0 Å². The molecule has 0 aliphatic carbocycles. The van der Waals surface area contributed by atoms with Crippen LogP contribution in [-0.4, -0.2) is 31.1 Å². The summed E-state index contributed by atoms with van der Waals surface area (Å²) < 4.78 is 14.6. The van der Waals surface area contributed by atoms with Crippen molar-refractivity contribution in [2.45, 2.75) is 33.3 Å². The van der Waals surface area contributed by atoms with E-state index in [2.05, 4.69) is 4.74 Å². The van der Waals surface area contributed by atoms with Crippen LogP contribution in [0.3, 0.4) is 0 Å². The number of carbonyl (C=O) groups is 3. The zero-order valence-corrected chi connectivity index (χ0v) is 13.6. The summed E-state index contributed by atoms with van der Waals surface area (Å²) in [5, 5.41) is 0. The van der Waals surface area contributed by atoms with Crippen molar-refractivity contribution in [2.75, 3.05) is 7.11 Å². The van der Waals surface area contributed by atoms with Gasteiger partial charge in [-0.3, -0.25) is 4.79 Å². The molecule has 0 amide bonds. The molecule has 0 heterocycles. The van der Waals surface area contributed by atoms with Crippen LogP contribution >= 0.6 is 0 Å². The Kier molecular flexibility index (Phi) is 6.99. The number of benzene rings is 1. The lowest BCUT2D eigenvalue weighted by Gasteiger charge is -2.14. The van der Waals surface area contributed by atoms with Crippen molar-refractivity contribution in [2.24, 2.45) is 0 Å². The van der Waals surface area contributed by atoms with Crippen molar-refractivity contribution < 1.29 is 28.6 Å². The summed E-state index contributed by atoms with van der Waals surface area (Å²) in [6, 6.07) is 7.11. The average Bonchev–Trinajstić information content (AvgIpc) is 2.52. The van der Waals surface area contributed by atoms with E-state index < -0.39 is 24.0 Å². The molecule has 0 aliphatic rings. The van der Waals surface area contributed by atoms with Gasteiger partial charge in [0.05, 0.1) is 7.11 Å². The number of carbonyl (C=O) groups excluding carboxylic acids is 3. The zero-order chi connectivity index (χ0) is 17.4. The average molecular weight is 320 g/mol. The predicted molar refractivity (Wildman–Crippen MR) is 83.6 cm³/mol. The zero-order valence-electron chi connectivity index (χ0n) is 13.6. The van der Waals surface area contributed by atoms with Crippen molar-refractivity contribution in [1.29, 1.82) is 0 Å². The second kappa shape index (κ2) is 8.73. The Hall–Kier alpha value is -2.63. The minimum atomic E-state index is -1.11. The Labute approximate surface area is 135 Å². The molecule has 124 valence electrons. The van der Waals surface area contributed by atoms with E-state index in [1.165, 1.54) is 0 Å². The first-order chi connectivity index (χ1) is 10.9. The first-order valence-corrected chi connectivity index (χ1v) is 7.13. The predicted octanol–water partition coefficient (Wildman–Crippen LogP) is 2.51. The molecule has 1 aromatic carbocycles. The molecule has 0 radical (unpaired) electrons. The number of hydrogen-bond acceptors (Lipinski definition) is 6. The molecule has 0 aromatic heterocycles. The van der Waals surface area contributed by atoms with Gasteiger partial charge >= 0.3 is 17.9 Å². The molecule has 0 N–H and O–H groups in total. The van der Waals surface area contributed by atoms with E-state index in [1.807, 2.05) is 0 Å². The molecule has 0 saturated carbocycles. The van der Waals surface area contributed by atoms with Crippen LogP contribution in [0.15, 0.2) is 29.8 Å². The van der Waals surface area contributed by atoms with Crippen molar-refractivity contribution in [3.05, 3.63) is 35.4 Å². The smallest absolute Gasteiger partial charge is 0.355 e. The number of esters is 3. The van der Waals surface area contributed by atoms with Crippen LogP contribution in [0.5, 0.6) is 5.75 Å². The lowest BCUT2D eigenvalue weighted by atomic mass is 10.1. The van der Waals surface area contributed by atoms with Gasteiger partial charge in [0.2, 0.25) is 0 Å². The highest BCUT2D eigenvalue weighted by Gasteiger charge is 2.24. The SMILES string of the molecule is CCC(OC(=O)/C(C)=C/c1ccc(OC)cc1)C(=O)OC(C)=O. The van der Waals surface area contributed by atoms with Crippen molar-refractivity contribution >= 4 is 24.0 Å². The van der Waals surface area contributed by atoms with Crippen LogP contribution in [0.1, 0.15) is 32.8 Å². The Morgan fingerprint density at radius 1 is 1.13 bits per heavy atom. The third-order valence-corrected chi connectivity index (χ3v) is 2.95. The molecular formula is C17H20O6. The number of hydrogen-bond donors (Lipinski definition) is 0. The third kappa shape index (κ3) is 5.94. The molecule has 0 fully saturated rings. The quantitative estimate of drug-likeness (QED) is 0.455. The van der Waals surface area contributed by atoms with Gasteiger partial charge in [0.15, 0.2) is 6.10 Å². The molecule has 0 spiro atoms. The van der Waals surface area contributed by atoms with E-state index in [-0.39, 0.29) is 6.42 Å². The van der Waals surface area contributed by atoms with E-state index in [9.17, 15) is 14.4 Å². The second-order valence-corrected chi connectivity index (χ2v) is 4.82. The van der Waals surface area contributed by atoms with E-state index in [0.29, 0.717) is 11.3 Å². The van der Waals surface area contributed by atoms with Crippen LogP contribution in [0, 0.1) is 0 Å². The van der Waals surface area contributed by atoms with Crippen LogP contribution in [0.2, 0.25) is 0 Å². The molecule has 1 atom stereocenters. The summed E-state index contributed by atoms with van der Waals surface area (Å²) in [5.41, 5.74) is 1.11. The summed E-state index contributed by atoms with van der Waals surface area (Å²) in [6.07, 6.45) is 0.740. The molecule has 1 unspecified atom stereocenters. The van der Waals surface area contributed by atoms with Crippen LogP contribution in [0.4, 0.5) is 0 Å². The molecule has 23 heavy (non-hydrogen) atoms. The van der Waals surface area contributed by atoms with Gasteiger partial charge in [0.25, 0.3) is 0 Å². The molecule has 0 aliphatic heterocycles. The van der Waals surface area contributed by atoms with Gasteiger partial charge in [-0.15, -0.1) is 0 Å². The van der Waals surface area contributed by atoms with E-state index in [0.717, 1.165) is 12.5 Å². The Morgan fingerprint density at radius 3 is 2.22 bits per heavy atom. The first kappa shape index (κ1) is 18.4. The third-order valence-electron chi connectivity index (χ3n) is 2.95. The Balaban J connectivity index is 2.75. The van der Waals surface area contributed by atoms with Crippen molar-refractivity contribution in [3.63, 3.8) is 0 Å². The fourth-order valence-electron chi connectivity index (χ4n) is 1.74. The lowest BCUT2D eigenvalue weighted by molar-refractivity contribution is -0.171. The molecule has 0 bridgehead atoms. The molecular weight excluding hydrogens is 300 g/mol. The van der Waals surface area contributed by atoms with Gasteiger partial charge < -0.3 is 14.2 Å². The van der Waals surface area contributed by atoms with Crippen LogP contribution < -0.4 is 4.74 Å². The second-order valence-electron chi connectivity index (χ2n) is 4.82. The normalized spacial score (nSPS) is 12.3. The van der Waals surface area contributed by atoms with Crippen molar-refractivity contribution in [3.8, 4) is 5.75 Å². The maximum Gasteiger partial charge on any atom is 0.355 e. The lowest BCUT2D eigenvalue weighted by Crippen LogP contribution is -2.30. The van der Waals surface area contributed by atoms with Crippen LogP contribution in [-0.2, 0) is 23.9 Å². The fourth-order valence-corrected chi connectivity index (χ4v) is 1.74. The maximum absolute atomic E-state index is 12.0. The van der Waals surface area contributed by atoms with Crippen molar-refractivity contribution in [1.82, 2.24) is 0 Å². The van der Waals surface area contributed by atoms with Gasteiger partial charge in [0, 0.05) is 12.5 Å². The van der Waals surface area contributed by atoms with E-state index in [4.69, 9.17) is 9.47 Å². The molecule has 6 heteroatoms. The highest BCUT2D eigenvalue weighted by molar-refractivity contribution is 5.95. The number of ether oxygens (including phenoxy) is 3. The fraction of sp³-hybridized carbons (Fsp3) is 0.353. The van der Waals surface area contributed by atoms with Gasteiger partial charge in [-0.1, -0.05) is 19.1 Å². The molecule has 1 aromatic rings. The van der Waals surface area contributed by atoms with Gasteiger partial charge in [-0.2, -0.15) is 0 Å². The minimum Gasteiger partial charge on any atom is -0.497 e. The van der Waals surface area contributed by atoms with Gasteiger partial charge in [-0.25, -0.2) is 9.59 Å². The molecule has 1 rings (SSSR count). The topological polar surface area (TPSA) is 78.9 Å². The first-order valence-electron chi connectivity index (χ1n) is 7.13. The molecule has 6 nitrogen and oxygen atoms in total. The van der Waals surface area contributed by atoms with E-state index in [1.54, 1.807) is 51.3 Å². The monoisotopic (exact) mass is 320 g/mol. The van der Waals surface area contributed by atoms with Gasteiger partial charge in [-0.05, 0) is 37.1 Å². The highest BCUT2D eigenvalue weighted by Crippen LogP contribution is 2.15. The van der Waals surface area contributed by atoms with Crippen LogP contribution in [0.25, 0.3) is 6.08 Å². The number of rotatable bonds is 6.